The lowest BCUT2D eigenvalue weighted by molar-refractivity contribution is -0.120. The fourth-order valence-electron chi connectivity index (χ4n) is 3.01. The molecule has 142 valence electrons. The highest BCUT2D eigenvalue weighted by atomic mass is 32.2. The summed E-state index contributed by atoms with van der Waals surface area (Å²) in [6.45, 7) is 3.91. The zero-order valence-corrected chi connectivity index (χ0v) is 16.3. The minimum atomic E-state index is -3.68. The summed E-state index contributed by atoms with van der Waals surface area (Å²) in [5.41, 5.74) is 3.25. The first-order valence-corrected chi connectivity index (χ1v) is 10.5. The molecule has 6 heteroatoms. The monoisotopic (exact) mass is 384 g/mol. The lowest BCUT2D eigenvalue weighted by atomic mass is 9.93. The number of amides is 1. The Hall–Kier alpha value is -2.60. The second-order valence-electron chi connectivity index (χ2n) is 6.90. The normalized spacial score (nSPS) is 16.7. The third-order valence-electron chi connectivity index (χ3n) is 4.83. The Bertz CT molecular complexity index is 963. The van der Waals surface area contributed by atoms with Crippen molar-refractivity contribution in [2.24, 2.45) is 5.92 Å². The highest BCUT2D eigenvalue weighted by Gasteiger charge is 2.19. The fraction of sp³-hybridized carbons (Fsp3) is 0.286. The Morgan fingerprint density at radius 3 is 2.30 bits per heavy atom. The first-order valence-electron chi connectivity index (χ1n) is 9.01. The summed E-state index contributed by atoms with van der Waals surface area (Å²) < 4.78 is 27.7. The lowest BCUT2D eigenvalue weighted by Gasteiger charge is -2.17. The smallest absolute Gasteiger partial charge is 0.261 e. The zero-order chi connectivity index (χ0) is 19.4. The number of anilines is 2. The summed E-state index contributed by atoms with van der Waals surface area (Å²) >= 11 is 0. The summed E-state index contributed by atoms with van der Waals surface area (Å²) in [6, 6.07) is 11.7. The molecule has 5 nitrogen and oxygen atoms in total. The van der Waals surface area contributed by atoms with Crippen LogP contribution in [0.4, 0.5) is 11.4 Å². The molecule has 0 spiro atoms. The van der Waals surface area contributed by atoms with Gasteiger partial charge < -0.3 is 5.32 Å². The standard InChI is InChI=1S/C21H24N2O3S/c1-15-8-9-19(14-16(15)2)23-27(25,26)20-12-10-18(11-13-20)22-21(24)17-6-4-3-5-7-17/h3-4,8-14,17,23H,5-7H2,1-2H3,(H,22,24). The van der Waals surface area contributed by atoms with Gasteiger partial charge in [0.05, 0.1) is 4.90 Å². The van der Waals surface area contributed by atoms with Gasteiger partial charge in [0, 0.05) is 17.3 Å². The van der Waals surface area contributed by atoms with E-state index in [-0.39, 0.29) is 16.7 Å². The number of rotatable bonds is 5. The summed E-state index contributed by atoms with van der Waals surface area (Å²) in [5.74, 6) is -0.0481. The molecule has 27 heavy (non-hydrogen) atoms. The van der Waals surface area contributed by atoms with Gasteiger partial charge in [-0.25, -0.2) is 8.42 Å². The first kappa shape index (κ1) is 19.2. The van der Waals surface area contributed by atoms with Crippen molar-refractivity contribution in [3.8, 4) is 0 Å². The van der Waals surface area contributed by atoms with Crippen molar-refractivity contribution in [2.45, 2.75) is 38.0 Å². The van der Waals surface area contributed by atoms with Crippen LogP contribution < -0.4 is 10.0 Å². The van der Waals surface area contributed by atoms with Crippen LogP contribution in [0.2, 0.25) is 0 Å². The SMILES string of the molecule is Cc1ccc(NS(=O)(=O)c2ccc(NC(=O)C3CC=CCC3)cc2)cc1C. The van der Waals surface area contributed by atoms with E-state index in [0.29, 0.717) is 11.4 Å². The Labute approximate surface area is 160 Å². The molecule has 1 aliphatic carbocycles. The van der Waals surface area contributed by atoms with Gasteiger partial charge in [0.2, 0.25) is 5.91 Å². The molecule has 2 aromatic rings. The molecule has 2 N–H and O–H groups in total. The van der Waals surface area contributed by atoms with E-state index in [0.717, 1.165) is 30.4 Å². The maximum Gasteiger partial charge on any atom is 0.261 e. The van der Waals surface area contributed by atoms with Crippen LogP contribution in [0.25, 0.3) is 0 Å². The van der Waals surface area contributed by atoms with Crippen LogP contribution in [0.1, 0.15) is 30.4 Å². The molecule has 1 amide bonds. The number of benzene rings is 2. The van der Waals surface area contributed by atoms with Crippen LogP contribution in [0, 0.1) is 19.8 Å². The van der Waals surface area contributed by atoms with E-state index >= 15 is 0 Å². The number of carbonyl (C=O) groups is 1. The van der Waals surface area contributed by atoms with Crippen molar-refractivity contribution >= 4 is 27.3 Å². The van der Waals surface area contributed by atoms with Gasteiger partial charge in [-0.1, -0.05) is 18.2 Å². The topological polar surface area (TPSA) is 75.3 Å². The summed E-state index contributed by atoms with van der Waals surface area (Å²) in [6.07, 6.45) is 6.63. The molecular formula is C21H24N2O3S. The largest absolute Gasteiger partial charge is 0.326 e. The van der Waals surface area contributed by atoms with Crippen molar-refractivity contribution in [1.82, 2.24) is 0 Å². The van der Waals surface area contributed by atoms with Crippen molar-refractivity contribution in [3.05, 3.63) is 65.7 Å². The molecule has 0 aliphatic heterocycles. The van der Waals surface area contributed by atoms with Gasteiger partial charge >= 0.3 is 0 Å². The number of aryl methyl sites for hydroxylation is 2. The molecule has 0 heterocycles. The van der Waals surface area contributed by atoms with Gasteiger partial charge in [-0.2, -0.15) is 0 Å². The molecule has 0 bridgehead atoms. The van der Waals surface area contributed by atoms with Gasteiger partial charge in [-0.15, -0.1) is 0 Å². The number of nitrogens with one attached hydrogen (secondary N) is 2. The van der Waals surface area contributed by atoms with E-state index in [1.807, 2.05) is 26.0 Å². The van der Waals surface area contributed by atoms with Crippen LogP contribution in [-0.4, -0.2) is 14.3 Å². The maximum atomic E-state index is 12.6. The summed E-state index contributed by atoms with van der Waals surface area (Å²) in [5, 5.41) is 2.87. The van der Waals surface area contributed by atoms with E-state index in [2.05, 4.69) is 16.1 Å². The molecule has 0 aromatic heterocycles. The fourth-order valence-corrected chi connectivity index (χ4v) is 4.06. The van der Waals surface area contributed by atoms with Crippen LogP contribution >= 0.6 is 0 Å². The second-order valence-corrected chi connectivity index (χ2v) is 8.58. The number of hydrogen-bond donors (Lipinski definition) is 2. The average molecular weight is 385 g/mol. The predicted molar refractivity (Wildman–Crippen MR) is 108 cm³/mol. The predicted octanol–water partition coefficient (Wildman–Crippen LogP) is 4.40. The van der Waals surface area contributed by atoms with Crippen LogP contribution in [0.5, 0.6) is 0 Å². The third-order valence-corrected chi connectivity index (χ3v) is 6.23. The Kier molecular flexibility index (Phi) is 5.65. The molecule has 0 saturated heterocycles. The van der Waals surface area contributed by atoms with Gasteiger partial charge in [0.1, 0.15) is 0 Å². The average Bonchev–Trinajstić information content (AvgIpc) is 2.66. The van der Waals surface area contributed by atoms with Crippen LogP contribution in [-0.2, 0) is 14.8 Å². The molecule has 1 atom stereocenters. The third kappa shape index (κ3) is 4.77. The second kappa shape index (κ2) is 7.96. The summed E-state index contributed by atoms with van der Waals surface area (Å²) in [7, 11) is -3.68. The number of sulfonamides is 1. The number of carbonyl (C=O) groups excluding carboxylic acids is 1. The molecule has 1 aliphatic rings. The molecule has 0 radical (unpaired) electrons. The first-order chi connectivity index (χ1) is 12.8. The zero-order valence-electron chi connectivity index (χ0n) is 15.5. The maximum absolute atomic E-state index is 12.6. The van der Waals surface area contributed by atoms with Crippen molar-refractivity contribution in [2.75, 3.05) is 10.0 Å². The van der Waals surface area contributed by atoms with E-state index in [1.54, 1.807) is 24.3 Å². The van der Waals surface area contributed by atoms with E-state index in [9.17, 15) is 13.2 Å². The lowest BCUT2D eigenvalue weighted by Crippen LogP contribution is -2.23. The molecule has 0 fully saturated rings. The van der Waals surface area contributed by atoms with Gasteiger partial charge in [-0.05, 0) is 80.6 Å². The van der Waals surface area contributed by atoms with E-state index in [1.165, 1.54) is 12.1 Å². The Morgan fingerprint density at radius 2 is 1.67 bits per heavy atom. The van der Waals surface area contributed by atoms with Gasteiger partial charge in [-0.3, -0.25) is 9.52 Å². The van der Waals surface area contributed by atoms with Crippen LogP contribution in [0.15, 0.2) is 59.5 Å². The van der Waals surface area contributed by atoms with Crippen LogP contribution in [0.3, 0.4) is 0 Å². The summed E-state index contributed by atoms with van der Waals surface area (Å²) in [4.78, 5) is 12.4. The van der Waals surface area contributed by atoms with Crippen molar-refractivity contribution in [1.29, 1.82) is 0 Å². The van der Waals surface area contributed by atoms with Gasteiger partial charge in [0.25, 0.3) is 10.0 Å². The minimum Gasteiger partial charge on any atom is -0.326 e. The Balaban J connectivity index is 1.69. The molecule has 0 saturated carbocycles. The van der Waals surface area contributed by atoms with E-state index in [4.69, 9.17) is 0 Å². The highest BCUT2D eigenvalue weighted by Crippen LogP contribution is 2.22. The van der Waals surface area contributed by atoms with E-state index < -0.39 is 10.0 Å². The molecule has 1 unspecified atom stereocenters. The highest BCUT2D eigenvalue weighted by molar-refractivity contribution is 7.92. The van der Waals surface area contributed by atoms with Crippen molar-refractivity contribution < 1.29 is 13.2 Å². The number of allylic oxidation sites excluding steroid dienone is 2. The molecular weight excluding hydrogens is 360 g/mol. The molecule has 3 rings (SSSR count). The van der Waals surface area contributed by atoms with Gasteiger partial charge in [0.15, 0.2) is 0 Å². The quantitative estimate of drug-likeness (QED) is 0.750. The minimum absolute atomic E-state index is 0.0233. The Morgan fingerprint density at radius 1 is 0.963 bits per heavy atom. The molecule has 2 aromatic carbocycles. The number of hydrogen-bond acceptors (Lipinski definition) is 3. The van der Waals surface area contributed by atoms with Crippen molar-refractivity contribution in [3.63, 3.8) is 0 Å².